The van der Waals surface area contributed by atoms with E-state index in [9.17, 15) is 4.79 Å². The standard InChI is InChI=1S/C15H19ClN4O/c1-4-17-15(21)19-14-7-11-10(9-20(2)3)5-6-13(16)12(11)8-18-14/h5-8H,4,9H2,1-3H3,(H2,17,18,19,21). The first kappa shape index (κ1) is 15.5. The van der Waals surface area contributed by atoms with Gasteiger partial charge in [0, 0.05) is 29.7 Å². The molecule has 2 N–H and O–H groups in total. The number of anilines is 1. The minimum Gasteiger partial charge on any atom is -0.338 e. The Morgan fingerprint density at radius 3 is 2.76 bits per heavy atom. The Morgan fingerprint density at radius 1 is 1.33 bits per heavy atom. The van der Waals surface area contributed by atoms with Gasteiger partial charge in [-0.1, -0.05) is 17.7 Å². The molecule has 2 aromatic rings. The molecule has 1 aromatic carbocycles. The maximum Gasteiger partial charge on any atom is 0.320 e. The van der Waals surface area contributed by atoms with Crippen molar-refractivity contribution in [1.82, 2.24) is 15.2 Å². The Hall–Kier alpha value is -1.85. The lowest BCUT2D eigenvalue weighted by atomic mass is 10.1. The number of nitrogens with one attached hydrogen (secondary N) is 2. The lowest BCUT2D eigenvalue weighted by Crippen LogP contribution is -2.28. The third kappa shape index (κ3) is 3.83. The predicted molar refractivity (Wildman–Crippen MR) is 86.8 cm³/mol. The Kier molecular flexibility index (Phi) is 4.98. The molecule has 1 heterocycles. The minimum atomic E-state index is -0.263. The molecule has 0 bridgehead atoms. The fourth-order valence-electron chi connectivity index (χ4n) is 2.13. The van der Waals surface area contributed by atoms with Crippen LogP contribution in [-0.2, 0) is 6.54 Å². The zero-order valence-electron chi connectivity index (χ0n) is 12.4. The fraction of sp³-hybridized carbons (Fsp3) is 0.333. The van der Waals surface area contributed by atoms with Gasteiger partial charge in [-0.05, 0) is 44.1 Å². The quantitative estimate of drug-likeness (QED) is 0.912. The number of hydrogen-bond donors (Lipinski definition) is 2. The summed E-state index contributed by atoms with van der Waals surface area (Å²) in [7, 11) is 4.02. The Bertz CT molecular complexity index is 657. The van der Waals surface area contributed by atoms with E-state index in [1.807, 2.05) is 39.2 Å². The van der Waals surface area contributed by atoms with Crippen molar-refractivity contribution in [3.63, 3.8) is 0 Å². The second-order valence-electron chi connectivity index (χ2n) is 5.04. The van der Waals surface area contributed by atoms with Gasteiger partial charge in [0.2, 0.25) is 0 Å². The maximum atomic E-state index is 11.6. The van der Waals surface area contributed by atoms with Gasteiger partial charge in [0.05, 0.1) is 0 Å². The van der Waals surface area contributed by atoms with E-state index in [-0.39, 0.29) is 6.03 Å². The third-order valence-corrected chi connectivity index (χ3v) is 3.33. The van der Waals surface area contributed by atoms with Gasteiger partial charge in [0.15, 0.2) is 0 Å². The third-order valence-electron chi connectivity index (χ3n) is 3.00. The molecule has 5 nitrogen and oxygen atoms in total. The average Bonchev–Trinajstić information content (AvgIpc) is 2.42. The summed E-state index contributed by atoms with van der Waals surface area (Å²) in [4.78, 5) is 17.9. The largest absolute Gasteiger partial charge is 0.338 e. The molecular weight excluding hydrogens is 288 g/mol. The SMILES string of the molecule is CCNC(=O)Nc1cc2c(CN(C)C)ccc(Cl)c2cn1. The van der Waals surface area contributed by atoms with Gasteiger partial charge in [-0.15, -0.1) is 0 Å². The van der Waals surface area contributed by atoms with Crippen LogP contribution in [0.15, 0.2) is 24.4 Å². The monoisotopic (exact) mass is 306 g/mol. The van der Waals surface area contributed by atoms with E-state index in [1.54, 1.807) is 6.20 Å². The van der Waals surface area contributed by atoms with Crippen molar-refractivity contribution in [2.24, 2.45) is 0 Å². The smallest absolute Gasteiger partial charge is 0.320 e. The predicted octanol–water partition coefficient (Wildman–Crippen LogP) is 3.09. The molecule has 0 aliphatic heterocycles. The lowest BCUT2D eigenvalue weighted by Gasteiger charge is -2.14. The Labute approximate surface area is 129 Å². The number of amides is 2. The average molecular weight is 307 g/mol. The van der Waals surface area contributed by atoms with E-state index in [4.69, 9.17) is 11.6 Å². The molecule has 2 rings (SSSR count). The number of rotatable bonds is 4. The van der Waals surface area contributed by atoms with Crippen LogP contribution in [0.4, 0.5) is 10.6 Å². The van der Waals surface area contributed by atoms with Crippen molar-refractivity contribution >= 4 is 34.2 Å². The van der Waals surface area contributed by atoms with Crippen LogP contribution in [0.1, 0.15) is 12.5 Å². The molecule has 0 aliphatic rings. The molecule has 0 saturated heterocycles. The highest BCUT2D eigenvalue weighted by molar-refractivity contribution is 6.35. The zero-order chi connectivity index (χ0) is 15.4. The fourth-order valence-corrected chi connectivity index (χ4v) is 2.35. The van der Waals surface area contributed by atoms with Crippen molar-refractivity contribution in [3.8, 4) is 0 Å². The van der Waals surface area contributed by atoms with Crippen LogP contribution in [0.3, 0.4) is 0 Å². The molecule has 1 aromatic heterocycles. The number of halogens is 1. The Morgan fingerprint density at radius 2 is 2.10 bits per heavy atom. The lowest BCUT2D eigenvalue weighted by molar-refractivity contribution is 0.252. The number of fused-ring (bicyclic) bond motifs is 1. The van der Waals surface area contributed by atoms with Crippen LogP contribution < -0.4 is 10.6 Å². The van der Waals surface area contributed by atoms with E-state index >= 15 is 0 Å². The molecule has 0 aliphatic carbocycles. The summed E-state index contributed by atoms with van der Waals surface area (Å²) in [5, 5.41) is 7.93. The van der Waals surface area contributed by atoms with Crippen molar-refractivity contribution in [3.05, 3.63) is 35.0 Å². The van der Waals surface area contributed by atoms with Crippen LogP contribution in [-0.4, -0.2) is 36.6 Å². The van der Waals surface area contributed by atoms with Gasteiger partial charge in [0.1, 0.15) is 5.82 Å². The second kappa shape index (κ2) is 6.74. The number of hydrogen-bond acceptors (Lipinski definition) is 3. The second-order valence-corrected chi connectivity index (χ2v) is 5.45. The van der Waals surface area contributed by atoms with Gasteiger partial charge in [0.25, 0.3) is 0 Å². The molecule has 0 atom stereocenters. The first-order valence-electron chi connectivity index (χ1n) is 6.78. The van der Waals surface area contributed by atoms with Crippen LogP contribution in [0, 0.1) is 0 Å². The van der Waals surface area contributed by atoms with E-state index in [2.05, 4.69) is 20.5 Å². The maximum absolute atomic E-state index is 11.6. The molecule has 21 heavy (non-hydrogen) atoms. The van der Waals surface area contributed by atoms with E-state index in [1.165, 1.54) is 0 Å². The van der Waals surface area contributed by atoms with E-state index < -0.39 is 0 Å². The topological polar surface area (TPSA) is 57.3 Å². The summed E-state index contributed by atoms with van der Waals surface area (Å²) in [5.41, 5.74) is 1.14. The molecule has 0 saturated carbocycles. The van der Waals surface area contributed by atoms with Crippen LogP contribution in [0.2, 0.25) is 5.02 Å². The first-order chi connectivity index (χ1) is 10.0. The van der Waals surface area contributed by atoms with Crippen molar-refractivity contribution < 1.29 is 4.79 Å². The number of nitrogens with zero attached hydrogens (tertiary/aromatic N) is 2. The number of carbonyl (C=O) groups excluding carboxylic acids is 1. The van der Waals surface area contributed by atoms with Gasteiger partial charge in [-0.3, -0.25) is 5.32 Å². The highest BCUT2D eigenvalue weighted by atomic mass is 35.5. The number of carbonyl (C=O) groups is 1. The highest BCUT2D eigenvalue weighted by Crippen LogP contribution is 2.28. The minimum absolute atomic E-state index is 0.263. The van der Waals surface area contributed by atoms with Gasteiger partial charge >= 0.3 is 6.03 Å². The van der Waals surface area contributed by atoms with E-state index in [0.717, 1.165) is 22.9 Å². The zero-order valence-corrected chi connectivity index (χ0v) is 13.2. The first-order valence-corrected chi connectivity index (χ1v) is 7.15. The van der Waals surface area contributed by atoms with E-state index in [0.29, 0.717) is 17.4 Å². The van der Waals surface area contributed by atoms with Gasteiger partial charge in [-0.25, -0.2) is 9.78 Å². The molecule has 0 unspecified atom stereocenters. The van der Waals surface area contributed by atoms with Gasteiger partial charge in [-0.2, -0.15) is 0 Å². The normalized spacial score (nSPS) is 10.9. The van der Waals surface area contributed by atoms with Crippen LogP contribution >= 0.6 is 11.6 Å². The van der Waals surface area contributed by atoms with Crippen molar-refractivity contribution in [2.45, 2.75) is 13.5 Å². The molecular formula is C15H19ClN4O. The van der Waals surface area contributed by atoms with Gasteiger partial charge < -0.3 is 10.2 Å². The summed E-state index contributed by atoms with van der Waals surface area (Å²) >= 11 is 6.22. The number of aromatic nitrogens is 1. The Balaban J connectivity index is 2.41. The summed E-state index contributed by atoms with van der Waals surface area (Å²) in [6.45, 7) is 3.22. The molecule has 112 valence electrons. The number of benzene rings is 1. The van der Waals surface area contributed by atoms with Crippen molar-refractivity contribution in [2.75, 3.05) is 26.0 Å². The summed E-state index contributed by atoms with van der Waals surface area (Å²) in [6, 6.07) is 5.47. The molecule has 0 radical (unpaired) electrons. The molecule has 2 amide bonds. The van der Waals surface area contributed by atoms with Crippen LogP contribution in [0.25, 0.3) is 10.8 Å². The number of urea groups is 1. The summed E-state index contributed by atoms with van der Waals surface area (Å²) in [5.74, 6) is 0.510. The molecule has 0 spiro atoms. The highest BCUT2D eigenvalue weighted by Gasteiger charge is 2.09. The summed E-state index contributed by atoms with van der Waals surface area (Å²) < 4.78 is 0. The molecule has 0 fully saturated rings. The van der Waals surface area contributed by atoms with Crippen molar-refractivity contribution in [1.29, 1.82) is 0 Å². The molecule has 6 heteroatoms. The number of pyridine rings is 1. The summed E-state index contributed by atoms with van der Waals surface area (Å²) in [6.07, 6.45) is 1.69. The van der Waals surface area contributed by atoms with Crippen LogP contribution in [0.5, 0.6) is 0 Å².